The Hall–Kier alpha value is -1.85. The fraction of sp³-hybridized carbons (Fsp3) is 0.182. The summed E-state index contributed by atoms with van der Waals surface area (Å²) in [6, 6.07) is 7.17. The van der Waals surface area contributed by atoms with Crippen LogP contribution in [-0.4, -0.2) is 9.78 Å². The summed E-state index contributed by atoms with van der Waals surface area (Å²) in [5.41, 5.74) is -0.902. The minimum Gasteiger partial charge on any atom is -0.267 e. The van der Waals surface area contributed by atoms with Crippen molar-refractivity contribution in [2.75, 3.05) is 0 Å². The first-order valence-corrected chi connectivity index (χ1v) is 4.67. The first-order chi connectivity index (χ1) is 7.89. The first kappa shape index (κ1) is 11.6. The second-order valence-corrected chi connectivity index (χ2v) is 3.44. The van der Waals surface area contributed by atoms with Crippen molar-refractivity contribution in [3.8, 4) is 11.3 Å². The van der Waals surface area contributed by atoms with E-state index in [9.17, 15) is 17.6 Å². The zero-order valence-electron chi connectivity index (χ0n) is 8.72. The molecule has 0 amide bonds. The Balaban J connectivity index is 2.55. The third-order valence-corrected chi connectivity index (χ3v) is 2.26. The molecule has 0 unspecified atom stereocenters. The molecule has 17 heavy (non-hydrogen) atoms. The predicted molar refractivity (Wildman–Crippen MR) is 52.4 cm³/mol. The van der Waals surface area contributed by atoms with Gasteiger partial charge in [-0.3, -0.25) is 4.68 Å². The molecule has 0 aliphatic rings. The van der Waals surface area contributed by atoms with Crippen molar-refractivity contribution in [1.29, 1.82) is 0 Å². The molecule has 2 nitrogen and oxygen atoms in total. The van der Waals surface area contributed by atoms with E-state index in [0.29, 0.717) is 0 Å². The van der Waals surface area contributed by atoms with E-state index in [1.54, 1.807) is 0 Å². The third kappa shape index (κ3) is 2.15. The smallest absolute Gasteiger partial charge is 0.267 e. The van der Waals surface area contributed by atoms with Crippen LogP contribution in [0.2, 0.25) is 0 Å². The van der Waals surface area contributed by atoms with Gasteiger partial charge in [0.15, 0.2) is 5.69 Å². The van der Waals surface area contributed by atoms with Gasteiger partial charge in [-0.1, -0.05) is 6.07 Å². The van der Waals surface area contributed by atoms with E-state index in [0.717, 1.165) is 16.8 Å². The van der Waals surface area contributed by atoms with E-state index in [2.05, 4.69) is 11.2 Å². The standard InChI is InChI=1S/C11H7F4N2/c1-17-9(6-10(16-17)11(13,14)15)7-4-2-3-5-8(7)12/h2,4-6H,1H3. The summed E-state index contributed by atoms with van der Waals surface area (Å²) in [5, 5.41) is 3.31. The van der Waals surface area contributed by atoms with Gasteiger partial charge in [-0.2, -0.15) is 18.3 Å². The molecular formula is C11H7F4N2. The summed E-state index contributed by atoms with van der Waals surface area (Å²) < 4.78 is 51.7. The monoisotopic (exact) mass is 243 g/mol. The average molecular weight is 243 g/mol. The number of halogens is 4. The molecule has 1 radical (unpaired) electrons. The molecule has 0 saturated carbocycles. The van der Waals surface area contributed by atoms with Crippen LogP contribution >= 0.6 is 0 Å². The topological polar surface area (TPSA) is 17.8 Å². The number of nitrogens with zero attached hydrogens (tertiary/aromatic N) is 2. The quantitative estimate of drug-likeness (QED) is 0.704. The number of rotatable bonds is 1. The van der Waals surface area contributed by atoms with Crippen LogP contribution in [0, 0.1) is 11.9 Å². The highest BCUT2D eigenvalue weighted by atomic mass is 19.4. The maximum absolute atomic E-state index is 13.4. The highest BCUT2D eigenvalue weighted by Crippen LogP contribution is 2.31. The molecule has 0 saturated heterocycles. The molecule has 1 aromatic carbocycles. The van der Waals surface area contributed by atoms with E-state index < -0.39 is 17.7 Å². The van der Waals surface area contributed by atoms with Crippen molar-refractivity contribution in [2.45, 2.75) is 6.18 Å². The molecule has 0 aliphatic carbocycles. The summed E-state index contributed by atoms with van der Waals surface area (Å²) in [4.78, 5) is 0. The Morgan fingerprint density at radius 1 is 1.35 bits per heavy atom. The number of hydrogen-bond acceptors (Lipinski definition) is 1. The Kier molecular flexibility index (Phi) is 2.65. The van der Waals surface area contributed by atoms with E-state index in [4.69, 9.17) is 0 Å². The lowest BCUT2D eigenvalue weighted by molar-refractivity contribution is -0.141. The van der Waals surface area contributed by atoms with E-state index >= 15 is 0 Å². The molecule has 0 spiro atoms. The normalized spacial score (nSPS) is 11.8. The lowest BCUT2D eigenvalue weighted by atomic mass is 10.1. The van der Waals surface area contributed by atoms with Gasteiger partial charge < -0.3 is 0 Å². The summed E-state index contributed by atoms with van der Waals surface area (Å²) in [6.07, 6.45) is -4.53. The Morgan fingerprint density at radius 2 is 2.06 bits per heavy atom. The molecule has 6 heteroatoms. The van der Waals surface area contributed by atoms with Gasteiger partial charge in [0.25, 0.3) is 0 Å². The SMILES string of the molecule is Cn1nc(C(F)(F)F)cc1-c1cc[c]cc1F. The molecule has 89 valence electrons. The van der Waals surface area contributed by atoms with Crippen LogP contribution in [-0.2, 0) is 13.2 Å². The van der Waals surface area contributed by atoms with Crippen LogP contribution < -0.4 is 0 Å². The molecule has 0 fully saturated rings. The van der Waals surface area contributed by atoms with Gasteiger partial charge in [-0.25, -0.2) is 4.39 Å². The molecule has 0 bridgehead atoms. The largest absolute Gasteiger partial charge is 0.435 e. The lowest BCUT2D eigenvalue weighted by Gasteiger charge is -2.01. The number of hydrogen-bond donors (Lipinski definition) is 0. The van der Waals surface area contributed by atoms with Gasteiger partial charge in [0.2, 0.25) is 0 Å². The Bertz CT molecular complexity index is 543. The maximum atomic E-state index is 13.4. The van der Waals surface area contributed by atoms with Crippen molar-refractivity contribution in [2.24, 2.45) is 7.05 Å². The van der Waals surface area contributed by atoms with Crippen LogP contribution in [0.25, 0.3) is 11.3 Å². The van der Waals surface area contributed by atoms with Crippen LogP contribution in [0.5, 0.6) is 0 Å². The van der Waals surface area contributed by atoms with Gasteiger partial charge in [-0.05, 0) is 24.3 Å². The maximum Gasteiger partial charge on any atom is 0.435 e. The second-order valence-electron chi connectivity index (χ2n) is 3.44. The summed E-state index contributed by atoms with van der Waals surface area (Å²) >= 11 is 0. The second kappa shape index (κ2) is 3.87. The minimum absolute atomic E-state index is 0.0641. The predicted octanol–water partition coefficient (Wildman–Crippen LogP) is 3.05. The average Bonchev–Trinajstić information content (AvgIpc) is 2.61. The molecular weight excluding hydrogens is 236 g/mol. The van der Waals surface area contributed by atoms with Crippen molar-refractivity contribution in [3.63, 3.8) is 0 Å². The van der Waals surface area contributed by atoms with Gasteiger partial charge in [0.05, 0.1) is 5.69 Å². The number of aryl methyl sites for hydroxylation is 1. The summed E-state index contributed by atoms with van der Waals surface area (Å²) in [5.74, 6) is -0.635. The first-order valence-electron chi connectivity index (χ1n) is 4.67. The Labute approximate surface area is 94.5 Å². The third-order valence-electron chi connectivity index (χ3n) is 2.26. The molecule has 0 N–H and O–H groups in total. The van der Waals surface area contributed by atoms with Gasteiger partial charge in [0, 0.05) is 12.6 Å². The molecule has 2 rings (SSSR count). The zero-order valence-corrected chi connectivity index (χ0v) is 8.72. The minimum atomic E-state index is -4.53. The number of benzene rings is 1. The van der Waals surface area contributed by atoms with Gasteiger partial charge >= 0.3 is 6.18 Å². The van der Waals surface area contributed by atoms with Crippen molar-refractivity contribution >= 4 is 0 Å². The van der Waals surface area contributed by atoms with E-state index in [1.807, 2.05) is 0 Å². The van der Waals surface area contributed by atoms with Gasteiger partial charge in [-0.15, -0.1) is 0 Å². The van der Waals surface area contributed by atoms with Crippen LogP contribution in [0.3, 0.4) is 0 Å². The van der Waals surface area contributed by atoms with Crippen molar-refractivity contribution < 1.29 is 17.6 Å². The fourth-order valence-electron chi connectivity index (χ4n) is 1.48. The Morgan fingerprint density at radius 3 is 2.59 bits per heavy atom. The number of aromatic nitrogens is 2. The zero-order chi connectivity index (χ0) is 12.6. The molecule has 0 atom stereocenters. The highest BCUT2D eigenvalue weighted by molar-refractivity contribution is 5.60. The molecule has 0 aliphatic heterocycles. The summed E-state index contributed by atoms with van der Waals surface area (Å²) in [7, 11) is 1.33. The van der Waals surface area contributed by atoms with E-state index in [1.165, 1.54) is 19.2 Å². The van der Waals surface area contributed by atoms with E-state index in [-0.39, 0.29) is 11.3 Å². The lowest BCUT2D eigenvalue weighted by Crippen LogP contribution is -2.06. The van der Waals surface area contributed by atoms with Gasteiger partial charge in [0.1, 0.15) is 5.82 Å². The van der Waals surface area contributed by atoms with Crippen LogP contribution in [0.4, 0.5) is 17.6 Å². The molecule has 1 aromatic heterocycles. The van der Waals surface area contributed by atoms with Crippen molar-refractivity contribution in [1.82, 2.24) is 9.78 Å². The summed E-state index contributed by atoms with van der Waals surface area (Å²) in [6.45, 7) is 0. The van der Waals surface area contributed by atoms with Crippen LogP contribution in [0.15, 0.2) is 24.3 Å². The molecule has 1 heterocycles. The fourth-order valence-corrected chi connectivity index (χ4v) is 1.48. The number of alkyl halides is 3. The highest BCUT2D eigenvalue weighted by Gasteiger charge is 2.34. The van der Waals surface area contributed by atoms with Crippen LogP contribution in [0.1, 0.15) is 5.69 Å². The molecule has 2 aromatic rings. The van der Waals surface area contributed by atoms with Crippen molar-refractivity contribution in [3.05, 3.63) is 41.8 Å².